The molecule has 3 saturated carbocycles. The summed E-state index contributed by atoms with van der Waals surface area (Å²) < 4.78 is 0. The molecular weight excluding hydrogens is 350 g/mol. The molecule has 1 nitrogen and oxygen atoms in total. The summed E-state index contributed by atoms with van der Waals surface area (Å²) in [5.41, 5.74) is 0.0400. The Morgan fingerprint density at radius 1 is 0.724 bits per heavy atom. The lowest BCUT2D eigenvalue weighted by Gasteiger charge is -2.47. The van der Waals surface area contributed by atoms with Gasteiger partial charge in [0.25, 0.3) is 0 Å². The first-order valence-electron chi connectivity index (χ1n) is 13.6. The number of hydrogen-bond donors (Lipinski definition) is 0. The van der Waals surface area contributed by atoms with Crippen molar-refractivity contribution in [1.82, 2.24) is 0 Å². The summed E-state index contributed by atoms with van der Waals surface area (Å²) in [5.74, 6) is 4.93. The van der Waals surface area contributed by atoms with Crippen LogP contribution in [0.1, 0.15) is 136 Å². The molecule has 4 unspecified atom stereocenters. The molecule has 0 aromatic heterocycles. The zero-order valence-corrected chi connectivity index (χ0v) is 19.8. The summed E-state index contributed by atoms with van der Waals surface area (Å²) in [5, 5.41) is 10.00. The summed E-state index contributed by atoms with van der Waals surface area (Å²) in [6.45, 7) is 4.61. The van der Waals surface area contributed by atoms with E-state index < -0.39 is 0 Å². The summed E-state index contributed by atoms with van der Waals surface area (Å²) >= 11 is 0. The fourth-order valence-electron chi connectivity index (χ4n) is 7.39. The van der Waals surface area contributed by atoms with Gasteiger partial charge in [-0.15, -0.1) is 0 Å². The van der Waals surface area contributed by atoms with E-state index in [1.807, 2.05) is 0 Å². The lowest BCUT2D eigenvalue weighted by atomic mass is 9.57. The van der Waals surface area contributed by atoms with E-state index in [1.54, 1.807) is 0 Å². The highest BCUT2D eigenvalue weighted by molar-refractivity contribution is 5.04. The minimum absolute atomic E-state index is 0.0400. The Bertz CT molecular complexity index is 497. The van der Waals surface area contributed by atoms with Crippen molar-refractivity contribution in [2.75, 3.05) is 0 Å². The third-order valence-corrected chi connectivity index (χ3v) is 9.35. The quantitative estimate of drug-likeness (QED) is 0.336. The first kappa shape index (κ1) is 23.2. The molecule has 0 radical (unpaired) electrons. The first-order chi connectivity index (χ1) is 14.2. The Morgan fingerprint density at radius 3 is 2.10 bits per heavy atom. The van der Waals surface area contributed by atoms with Gasteiger partial charge in [0, 0.05) is 0 Å². The number of fused-ring (bicyclic) bond motifs is 1. The Hall–Kier alpha value is -0.510. The van der Waals surface area contributed by atoms with Crippen molar-refractivity contribution < 1.29 is 0 Å². The molecule has 0 aromatic rings. The molecule has 3 rings (SSSR count). The van der Waals surface area contributed by atoms with Gasteiger partial charge in [-0.25, -0.2) is 0 Å². The van der Waals surface area contributed by atoms with Gasteiger partial charge in [0.05, 0.1) is 11.5 Å². The molecule has 3 fully saturated rings. The van der Waals surface area contributed by atoms with E-state index in [4.69, 9.17) is 0 Å². The van der Waals surface area contributed by atoms with Crippen LogP contribution < -0.4 is 0 Å². The third-order valence-electron chi connectivity index (χ3n) is 9.35. The topological polar surface area (TPSA) is 23.8 Å². The molecule has 0 N–H and O–H groups in total. The first-order valence-corrected chi connectivity index (χ1v) is 13.6. The largest absolute Gasteiger partial charge is 0.198 e. The second kappa shape index (κ2) is 11.8. The monoisotopic (exact) mass is 399 g/mol. The highest BCUT2D eigenvalue weighted by Gasteiger charge is 2.44. The van der Waals surface area contributed by atoms with Crippen LogP contribution in [0.25, 0.3) is 0 Å². The Kier molecular flexibility index (Phi) is 9.40. The average molecular weight is 400 g/mol. The fourth-order valence-corrected chi connectivity index (χ4v) is 7.39. The highest BCUT2D eigenvalue weighted by Crippen LogP contribution is 2.53. The normalized spacial score (nSPS) is 37.6. The second-order valence-corrected chi connectivity index (χ2v) is 11.3. The van der Waals surface area contributed by atoms with Crippen LogP contribution >= 0.6 is 0 Å². The molecule has 0 saturated heterocycles. The summed E-state index contributed by atoms with van der Waals surface area (Å²) in [6, 6.07) is 2.83. The molecule has 166 valence electrons. The van der Waals surface area contributed by atoms with E-state index in [2.05, 4.69) is 19.9 Å². The Labute approximate surface area is 182 Å². The summed E-state index contributed by atoms with van der Waals surface area (Å²) in [6.07, 6.45) is 26.5. The molecule has 29 heavy (non-hydrogen) atoms. The lowest BCUT2D eigenvalue weighted by molar-refractivity contribution is 0.0377. The number of rotatable bonds is 10. The number of hydrogen-bond acceptors (Lipinski definition) is 1. The van der Waals surface area contributed by atoms with E-state index in [0.29, 0.717) is 0 Å². The van der Waals surface area contributed by atoms with E-state index >= 15 is 0 Å². The minimum Gasteiger partial charge on any atom is -0.198 e. The molecular formula is C28H49N. The van der Waals surface area contributed by atoms with Gasteiger partial charge in [-0.05, 0) is 87.4 Å². The molecule has 0 amide bonds. The zero-order valence-electron chi connectivity index (χ0n) is 19.8. The molecule has 0 spiro atoms. The van der Waals surface area contributed by atoms with Crippen LogP contribution in [0.4, 0.5) is 0 Å². The minimum atomic E-state index is 0.0400. The number of nitriles is 1. The van der Waals surface area contributed by atoms with Crippen molar-refractivity contribution >= 4 is 0 Å². The smallest absolute Gasteiger partial charge is 0.0689 e. The maximum atomic E-state index is 10.00. The predicted molar refractivity (Wildman–Crippen MR) is 125 cm³/mol. The van der Waals surface area contributed by atoms with Crippen LogP contribution in [-0.2, 0) is 0 Å². The van der Waals surface area contributed by atoms with Crippen LogP contribution in [0.15, 0.2) is 0 Å². The van der Waals surface area contributed by atoms with Crippen LogP contribution in [0.3, 0.4) is 0 Å². The third kappa shape index (κ3) is 6.48. The zero-order chi connectivity index (χ0) is 20.5. The molecule has 4 atom stereocenters. The highest BCUT2D eigenvalue weighted by atomic mass is 14.5. The van der Waals surface area contributed by atoms with Crippen LogP contribution in [0.5, 0.6) is 0 Å². The fraction of sp³-hybridized carbons (Fsp3) is 0.964. The van der Waals surface area contributed by atoms with Gasteiger partial charge in [0.2, 0.25) is 0 Å². The van der Waals surface area contributed by atoms with Crippen molar-refractivity contribution in [1.29, 1.82) is 5.26 Å². The van der Waals surface area contributed by atoms with Crippen LogP contribution in [0, 0.1) is 46.3 Å². The van der Waals surface area contributed by atoms with Crippen molar-refractivity contribution in [3.8, 4) is 6.07 Å². The van der Waals surface area contributed by atoms with Gasteiger partial charge in [0.15, 0.2) is 0 Å². The summed E-state index contributed by atoms with van der Waals surface area (Å²) in [4.78, 5) is 0. The molecule has 0 aliphatic heterocycles. The van der Waals surface area contributed by atoms with Crippen molar-refractivity contribution in [3.05, 3.63) is 0 Å². The van der Waals surface area contributed by atoms with Crippen molar-refractivity contribution in [2.45, 2.75) is 136 Å². The second-order valence-electron chi connectivity index (χ2n) is 11.3. The SMILES string of the molecule is CCCCCCC1(C#N)CCC2CC(C3CCC(CCCCC)CC3)CCC2C1. The van der Waals surface area contributed by atoms with Crippen LogP contribution in [0.2, 0.25) is 0 Å². The molecule has 0 aromatic carbocycles. The van der Waals surface area contributed by atoms with E-state index in [0.717, 1.165) is 29.6 Å². The maximum Gasteiger partial charge on any atom is 0.0689 e. The van der Waals surface area contributed by atoms with E-state index in [9.17, 15) is 5.26 Å². The van der Waals surface area contributed by atoms with Gasteiger partial charge in [0.1, 0.15) is 0 Å². The van der Waals surface area contributed by atoms with Gasteiger partial charge in [-0.1, -0.05) is 78.1 Å². The van der Waals surface area contributed by atoms with Gasteiger partial charge >= 0.3 is 0 Å². The molecule has 0 heterocycles. The lowest BCUT2D eigenvalue weighted by Crippen LogP contribution is -2.38. The molecule has 0 bridgehead atoms. The Balaban J connectivity index is 1.42. The Morgan fingerprint density at radius 2 is 1.38 bits per heavy atom. The average Bonchev–Trinajstić information content (AvgIpc) is 2.77. The van der Waals surface area contributed by atoms with E-state index in [-0.39, 0.29) is 5.41 Å². The van der Waals surface area contributed by atoms with E-state index in [1.165, 1.54) is 122 Å². The van der Waals surface area contributed by atoms with Gasteiger partial charge in [-0.2, -0.15) is 5.26 Å². The van der Waals surface area contributed by atoms with Gasteiger partial charge < -0.3 is 0 Å². The van der Waals surface area contributed by atoms with Crippen molar-refractivity contribution in [2.24, 2.45) is 35.0 Å². The summed E-state index contributed by atoms with van der Waals surface area (Å²) in [7, 11) is 0. The van der Waals surface area contributed by atoms with Crippen molar-refractivity contribution in [3.63, 3.8) is 0 Å². The van der Waals surface area contributed by atoms with Gasteiger partial charge in [-0.3, -0.25) is 0 Å². The maximum absolute atomic E-state index is 10.00. The predicted octanol–water partition coefficient (Wildman–Crippen LogP) is 9.07. The molecule has 3 aliphatic rings. The number of unbranched alkanes of at least 4 members (excludes halogenated alkanes) is 5. The van der Waals surface area contributed by atoms with Crippen LogP contribution in [-0.4, -0.2) is 0 Å². The standard InChI is InChI=1S/C28H49N/c1-3-5-7-9-18-28(22-29)19-17-26-20-25(15-16-27(26)21-28)24-13-11-23(12-14-24)10-8-6-4-2/h23-27H,3-21H2,1-2H3. The number of nitrogens with zero attached hydrogens (tertiary/aromatic N) is 1. The molecule has 3 aliphatic carbocycles. The molecule has 1 heteroatoms.